The zero-order valence-electron chi connectivity index (χ0n) is 21.4. The van der Waals surface area contributed by atoms with E-state index < -0.39 is 48.1 Å². The standard InChI is InChI=1S/C26H34N4O7/c1-15(2)10-18(22(32)26(4)14-36-26)27-23(33)19(12-17-8-6-5-7-9-17)28-25(35)21(13-31)29-24(34)20-11-16(3)37-30-20/h5-9,11,15,18-19,21,31H,10,12-14H2,1-4H3,(H,27,33)(H,28,35)(H,29,34). The van der Waals surface area contributed by atoms with Crippen LogP contribution in [0.15, 0.2) is 40.9 Å². The molecule has 3 amide bonds. The first kappa shape index (κ1) is 28.0. The van der Waals surface area contributed by atoms with Gasteiger partial charge in [0.15, 0.2) is 11.5 Å². The molecule has 4 N–H and O–H groups in total. The van der Waals surface area contributed by atoms with Crippen LogP contribution in [0.3, 0.4) is 0 Å². The monoisotopic (exact) mass is 514 g/mol. The van der Waals surface area contributed by atoms with Crippen molar-refractivity contribution >= 4 is 23.5 Å². The van der Waals surface area contributed by atoms with Gasteiger partial charge in [-0.15, -0.1) is 0 Å². The number of aryl methyl sites for hydroxylation is 1. The van der Waals surface area contributed by atoms with Crippen molar-refractivity contribution in [3.63, 3.8) is 0 Å². The molecule has 1 aromatic heterocycles. The lowest BCUT2D eigenvalue weighted by Crippen LogP contribution is -2.58. The molecule has 200 valence electrons. The second kappa shape index (κ2) is 12.1. The van der Waals surface area contributed by atoms with Gasteiger partial charge in [-0.05, 0) is 31.7 Å². The molecule has 4 unspecified atom stereocenters. The normalized spacial score (nSPS) is 19.0. The van der Waals surface area contributed by atoms with Crippen LogP contribution in [0.25, 0.3) is 0 Å². The van der Waals surface area contributed by atoms with Crippen molar-refractivity contribution in [3.8, 4) is 0 Å². The summed E-state index contributed by atoms with van der Waals surface area (Å²) in [7, 11) is 0. The van der Waals surface area contributed by atoms with Crippen molar-refractivity contribution in [2.75, 3.05) is 13.2 Å². The lowest BCUT2D eigenvalue weighted by atomic mass is 9.93. The van der Waals surface area contributed by atoms with Crippen molar-refractivity contribution < 1.29 is 33.5 Å². The minimum Gasteiger partial charge on any atom is -0.394 e. The Labute approximate surface area is 215 Å². The number of carbonyl (C=O) groups excluding carboxylic acids is 4. The van der Waals surface area contributed by atoms with E-state index in [9.17, 15) is 24.3 Å². The molecule has 37 heavy (non-hydrogen) atoms. The van der Waals surface area contributed by atoms with Gasteiger partial charge in [0.2, 0.25) is 11.8 Å². The van der Waals surface area contributed by atoms with Crippen LogP contribution in [0.2, 0.25) is 0 Å². The highest BCUT2D eigenvalue weighted by Gasteiger charge is 2.50. The molecule has 0 radical (unpaired) electrons. The summed E-state index contributed by atoms with van der Waals surface area (Å²) in [5, 5.41) is 21.2. The smallest absolute Gasteiger partial charge is 0.274 e. The van der Waals surface area contributed by atoms with Crippen molar-refractivity contribution in [3.05, 3.63) is 53.4 Å². The molecule has 1 aliphatic heterocycles. The Kier molecular flexibility index (Phi) is 9.17. The number of hydrogen-bond donors (Lipinski definition) is 4. The molecule has 4 atom stereocenters. The fraction of sp³-hybridized carbons (Fsp3) is 0.500. The van der Waals surface area contributed by atoms with Gasteiger partial charge in [0, 0.05) is 12.5 Å². The number of aliphatic hydroxyl groups excluding tert-OH is 1. The molecule has 0 aliphatic carbocycles. The zero-order valence-corrected chi connectivity index (χ0v) is 21.4. The van der Waals surface area contributed by atoms with Gasteiger partial charge in [-0.1, -0.05) is 49.3 Å². The van der Waals surface area contributed by atoms with Gasteiger partial charge in [-0.3, -0.25) is 19.2 Å². The minimum atomic E-state index is -1.34. The third kappa shape index (κ3) is 7.70. The van der Waals surface area contributed by atoms with Gasteiger partial charge in [-0.25, -0.2) is 0 Å². The Bertz CT molecular complexity index is 1110. The predicted octanol–water partition coefficient (Wildman–Crippen LogP) is 0.690. The number of hydrogen-bond acceptors (Lipinski definition) is 8. The first-order valence-corrected chi connectivity index (χ1v) is 12.2. The minimum absolute atomic E-state index is 0.0480. The van der Waals surface area contributed by atoms with Gasteiger partial charge >= 0.3 is 0 Å². The number of aliphatic hydroxyl groups is 1. The molecular formula is C26H34N4O7. The number of epoxide rings is 1. The number of nitrogens with zero attached hydrogens (tertiary/aromatic N) is 1. The van der Waals surface area contributed by atoms with Gasteiger partial charge in [0.05, 0.1) is 19.3 Å². The number of nitrogens with one attached hydrogen (secondary N) is 3. The second-order valence-corrected chi connectivity index (χ2v) is 9.86. The van der Waals surface area contributed by atoms with Crippen molar-refractivity contribution in [1.29, 1.82) is 0 Å². The van der Waals surface area contributed by atoms with Gasteiger partial charge in [-0.2, -0.15) is 0 Å². The fourth-order valence-electron chi connectivity index (χ4n) is 3.83. The molecule has 1 saturated heterocycles. The first-order chi connectivity index (χ1) is 17.5. The summed E-state index contributed by atoms with van der Waals surface area (Å²) in [5.41, 5.74) is -0.195. The first-order valence-electron chi connectivity index (χ1n) is 12.2. The molecule has 1 fully saturated rings. The van der Waals surface area contributed by atoms with Crippen LogP contribution >= 0.6 is 0 Å². The van der Waals surface area contributed by atoms with E-state index in [0.29, 0.717) is 18.8 Å². The van der Waals surface area contributed by atoms with Crippen molar-refractivity contribution in [1.82, 2.24) is 21.1 Å². The van der Waals surface area contributed by atoms with E-state index in [1.807, 2.05) is 19.9 Å². The molecule has 0 spiro atoms. The highest BCUT2D eigenvalue weighted by atomic mass is 16.6. The van der Waals surface area contributed by atoms with E-state index >= 15 is 0 Å². The van der Waals surface area contributed by atoms with Crippen molar-refractivity contribution in [2.24, 2.45) is 5.92 Å². The number of amides is 3. The SMILES string of the molecule is Cc1cc(C(=O)NC(CO)C(=O)NC(Cc2ccccc2)C(=O)NC(CC(C)C)C(=O)C2(C)CO2)no1. The molecule has 0 bridgehead atoms. The number of aromatic nitrogens is 1. The molecular weight excluding hydrogens is 480 g/mol. The van der Waals surface area contributed by atoms with Gasteiger partial charge in [0.25, 0.3) is 5.91 Å². The van der Waals surface area contributed by atoms with Crippen LogP contribution in [-0.2, 0) is 25.5 Å². The van der Waals surface area contributed by atoms with Crippen LogP contribution in [0.1, 0.15) is 49.0 Å². The lowest BCUT2D eigenvalue weighted by molar-refractivity contribution is -0.133. The summed E-state index contributed by atoms with van der Waals surface area (Å²) < 4.78 is 10.2. The molecule has 2 heterocycles. The predicted molar refractivity (Wildman–Crippen MR) is 132 cm³/mol. The van der Waals surface area contributed by atoms with Crippen LogP contribution in [0, 0.1) is 12.8 Å². The number of ether oxygens (including phenoxy) is 1. The number of benzene rings is 1. The lowest BCUT2D eigenvalue weighted by Gasteiger charge is -2.26. The topological polar surface area (TPSA) is 163 Å². The zero-order chi connectivity index (χ0) is 27.2. The average Bonchev–Trinajstić information content (AvgIpc) is 3.46. The van der Waals surface area contributed by atoms with E-state index in [-0.39, 0.29) is 23.8 Å². The van der Waals surface area contributed by atoms with Gasteiger partial charge < -0.3 is 30.3 Å². The maximum atomic E-state index is 13.4. The second-order valence-electron chi connectivity index (χ2n) is 9.86. The highest BCUT2D eigenvalue weighted by Crippen LogP contribution is 2.29. The molecule has 2 aromatic rings. The Balaban J connectivity index is 1.75. The maximum absolute atomic E-state index is 13.4. The number of ketones is 1. The summed E-state index contributed by atoms with van der Waals surface area (Å²) in [6, 6.07) is 7.22. The Morgan fingerprint density at radius 3 is 2.19 bits per heavy atom. The van der Waals surface area contributed by atoms with Crippen LogP contribution in [0.4, 0.5) is 0 Å². The summed E-state index contributed by atoms with van der Waals surface area (Å²) in [6.45, 7) is 6.76. The highest BCUT2D eigenvalue weighted by molar-refractivity contribution is 5.99. The maximum Gasteiger partial charge on any atom is 0.274 e. The number of Topliss-reactive ketones (excluding diaryl/α,β-unsaturated/α-hetero) is 1. The summed E-state index contributed by atoms with van der Waals surface area (Å²) >= 11 is 0. The molecule has 0 saturated carbocycles. The third-order valence-corrected chi connectivity index (χ3v) is 6.02. The van der Waals surface area contributed by atoms with Crippen LogP contribution in [-0.4, -0.2) is 70.7 Å². The van der Waals surface area contributed by atoms with E-state index in [4.69, 9.17) is 9.26 Å². The number of rotatable bonds is 13. The molecule has 1 aliphatic rings. The van der Waals surface area contributed by atoms with Crippen molar-refractivity contribution in [2.45, 2.75) is 64.3 Å². The Morgan fingerprint density at radius 2 is 1.65 bits per heavy atom. The summed E-state index contributed by atoms with van der Waals surface area (Å²) in [4.78, 5) is 51.8. The van der Waals surface area contributed by atoms with E-state index in [2.05, 4.69) is 21.1 Å². The summed E-state index contributed by atoms with van der Waals surface area (Å²) in [6.07, 6.45) is 0.533. The molecule has 3 rings (SSSR count). The quantitative estimate of drug-likeness (QED) is 0.284. The number of carbonyl (C=O) groups is 4. The third-order valence-electron chi connectivity index (χ3n) is 6.02. The fourth-order valence-corrected chi connectivity index (χ4v) is 3.83. The Morgan fingerprint density at radius 1 is 1.03 bits per heavy atom. The van der Waals surface area contributed by atoms with E-state index in [0.717, 1.165) is 5.56 Å². The molecule has 11 nitrogen and oxygen atoms in total. The largest absolute Gasteiger partial charge is 0.394 e. The van der Waals surface area contributed by atoms with Crippen LogP contribution < -0.4 is 16.0 Å². The molecule has 1 aromatic carbocycles. The van der Waals surface area contributed by atoms with E-state index in [1.165, 1.54) is 6.07 Å². The Hall–Kier alpha value is -3.57. The summed E-state index contributed by atoms with van der Waals surface area (Å²) in [5.74, 6) is -1.73. The average molecular weight is 515 g/mol. The van der Waals surface area contributed by atoms with Gasteiger partial charge in [0.1, 0.15) is 23.4 Å². The van der Waals surface area contributed by atoms with E-state index in [1.54, 1.807) is 38.1 Å². The van der Waals surface area contributed by atoms with Crippen LogP contribution in [0.5, 0.6) is 0 Å². The molecule has 11 heteroatoms.